The van der Waals surface area contributed by atoms with Crippen molar-refractivity contribution in [3.8, 4) is 5.75 Å². The lowest BCUT2D eigenvalue weighted by Gasteiger charge is -2.35. The lowest BCUT2D eigenvalue weighted by atomic mass is 9.95. The summed E-state index contributed by atoms with van der Waals surface area (Å²) in [6.45, 7) is 8.93. The van der Waals surface area contributed by atoms with Crippen molar-refractivity contribution in [1.82, 2.24) is 9.80 Å². The molecule has 5 nitrogen and oxygen atoms in total. The number of ether oxygens (including phenoxy) is 1. The highest BCUT2D eigenvalue weighted by atomic mass is 16.5. The Labute approximate surface area is 180 Å². The van der Waals surface area contributed by atoms with E-state index >= 15 is 0 Å². The van der Waals surface area contributed by atoms with Gasteiger partial charge in [-0.15, -0.1) is 0 Å². The zero-order valence-corrected chi connectivity index (χ0v) is 18.4. The number of carbonyl (C=O) groups is 1. The summed E-state index contributed by atoms with van der Waals surface area (Å²) in [5.41, 5.74) is 1.23. The normalized spacial score (nSPS) is 15.7. The van der Waals surface area contributed by atoms with Gasteiger partial charge in [0.05, 0.1) is 13.4 Å². The highest BCUT2D eigenvalue weighted by molar-refractivity contribution is 5.91. The Balaban J connectivity index is 1.53. The molecule has 162 valence electrons. The molecule has 2 aromatic rings. The number of hydrogen-bond acceptors (Lipinski definition) is 4. The molecule has 0 radical (unpaired) electrons. The molecule has 1 aromatic heterocycles. The molecule has 5 heteroatoms. The molecule has 1 fully saturated rings. The average molecular weight is 411 g/mol. The third-order valence-electron chi connectivity index (χ3n) is 5.60. The SMILES string of the molecule is COc1ccccc1CN1CCC(CN(CC(C)C)C(=O)C=Cc2ccco2)CC1. The minimum absolute atomic E-state index is 0.0663. The molecule has 1 amide bonds. The third-order valence-corrected chi connectivity index (χ3v) is 5.60. The Hall–Kier alpha value is -2.53. The van der Waals surface area contributed by atoms with Crippen molar-refractivity contribution in [3.63, 3.8) is 0 Å². The van der Waals surface area contributed by atoms with Crippen LogP contribution in [0, 0.1) is 11.8 Å². The van der Waals surface area contributed by atoms with Crippen LogP contribution in [0.25, 0.3) is 6.08 Å². The molecule has 0 spiro atoms. The monoisotopic (exact) mass is 410 g/mol. The van der Waals surface area contributed by atoms with Gasteiger partial charge in [0.25, 0.3) is 0 Å². The van der Waals surface area contributed by atoms with E-state index in [0.29, 0.717) is 17.6 Å². The van der Waals surface area contributed by atoms with E-state index in [0.717, 1.165) is 51.3 Å². The molecule has 1 aromatic carbocycles. The largest absolute Gasteiger partial charge is 0.496 e. The van der Waals surface area contributed by atoms with E-state index in [-0.39, 0.29) is 5.91 Å². The van der Waals surface area contributed by atoms with Crippen molar-refractivity contribution < 1.29 is 13.9 Å². The molecule has 0 aliphatic carbocycles. The van der Waals surface area contributed by atoms with Gasteiger partial charge in [0.2, 0.25) is 5.91 Å². The van der Waals surface area contributed by atoms with Crippen LogP contribution in [0.3, 0.4) is 0 Å². The standard InChI is InChI=1S/C25H34N2O3/c1-20(2)17-27(25(28)11-10-23-8-6-16-30-23)18-21-12-14-26(15-13-21)19-22-7-4-5-9-24(22)29-3/h4-11,16,20-21H,12-15,17-19H2,1-3H3. The molecule has 2 heterocycles. The van der Waals surface area contributed by atoms with Crippen molar-refractivity contribution in [1.29, 1.82) is 0 Å². The van der Waals surface area contributed by atoms with E-state index in [1.54, 1.807) is 25.5 Å². The van der Waals surface area contributed by atoms with E-state index in [4.69, 9.17) is 9.15 Å². The van der Waals surface area contributed by atoms with Gasteiger partial charge in [-0.25, -0.2) is 0 Å². The van der Waals surface area contributed by atoms with Gasteiger partial charge in [-0.3, -0.25) is 9.69 Å². The van der Waals surface area contributed by atoms with Crippen LogP contribution in [0.15, 0.2) is 53.2 Å². The van der Waals surface area contributed by atoms with Crippen molar-refractivity contribution >= 4 is 12.0 Å². The molecule has 0 unspecified atom stereocenters. The van der Waals surface area contributed by atoms with Crippen molar-refractivity contribution in [2.45, 2.75) is 33.2 Å². The molecule has 1 aliphatic heterocycles. The summed E-state index contributed by atoms with van der Waals surface area (Å²) < 4.78 is 10.8. The summed E-state index contributed by atoms with van der Waals surface area (Å²) in [5.74, 6) is 2.71. The van der Waals surface area contributed by atoms with Gasteiger partial charge in [-0.1, -0.05) is 32.0 Å². The number of furan rings is 1. The van der Waals surface area contributed by atoms with Crippen molar-refractivity contribution in [2.75, 3.05) is 33.3 Å². The average Bonchev–Trinajstić information content (AvgIpc) is 3.26. The van der Waals surface area contributed by atoms with Gasteiger partial charge in [0.1, 0.15) is 11.5 Å². The molecule has 30 heavy (non-hydrogen) atoms. The van der Waals surface area contributed by atoms with Crippen LogP contribution < -0.4 is 4.74 Å². The van der Waals surface area contributed by atoms with Crippen LogP contribution in [0.2, 0.25) is 0 Å². The van der Waals surface area contributed by atoms with E-state index in [2.05, 4.69) is 30.9 Å². The van der Waals surface area contributed by atoms with E-state index in [1.165, 1.54) is 5.56 Å². The van der Waals surface area contributed by atoms with Crippen LogP contribution in [-0.4, -0.2) is 49.0 Å². The Bertz CT molecular complexity index is 806. The predicted octanol–water partition coefficient (Wildman–Crippen LogP) is 4.70. The predicted molar refractivity (Wildman–Crippen MR) is 120 cm³/mol. The lowest BCUT2D eigenvalue weighted by Crippen LogP contribution is -2.41. The summed E-state index contributed by atoms with van der Waals surface area (Å²) in [7, 11) is 1.73. The van der Waals surface area contributed by atoms with Crippen LogP contribution in [0.4, 0.5) is 0 Å². The highest BCUT2D eigenvalue weighted by Gasteiger charge is 2.24. The minimum Gasteiger partial charge on any atom is -0.496 e. The fourth-order valence-electron chi connectivity index (χ4n) is 4.05. The van der Waals surface area contributed by atoms with E-state index in [1.807, 2.05) is 29.2 Å². The first-order chi connectivity index (χ1) is 14.5. The summed E-state index contributed by atoms with van der Waals surface area (Å²) in [6.07, 6.45) is 7.23. The molecule has 0 saturated carbocycles. The second-order valence-corrected chi connectivity index (χ2v) is 8.52. The van der Waals surface area contributed by atoms with Gasteiger partial charge >= 0.3 is 0 Å². The summed E-state index contributed by atoms with van der Waals surface area (Å²) in [5, 5.41) is 0. The smallest absolute Gasteiger partial charge is 0.246 e. The Morgan fingerprint density at radius 3 is 2.67 bits per heavy atom. The maximum absolute atomic E-state index is 12.8. The number of benzene rings is 1. The number of hydrogen-bond donors (Lipinski definition) is 0. The molecule has 0 atom stereocenters. The van der Waals surface area contributed by atoms with Gasteiger partial charge in [0, 0.05) is 31.3 Å². The Kier molecular flexibility index (Phi) is 8.14. The number of carbonyl (C=O) groups excluding carboxylic acids is 1. The first-order valence-electron chi connectivity index (χ1n) is 10.9. The molecule has 1 aliphatic rings. The second kappa shape index (κ2) is 11.0. The van der Waals surface area contributed by atoms with Crippen molar-refractivity contribution in [3.05, 3.63) is 60.1 Å². The molecular weight excluding hydrogens is 376 g/mol. The number of nitrogens with zero attached hydrogens (tertiary/aromatic N) is 2. The molecule has 0 N–H and O–H groups in total. The summed E-state index contributed by atoms with van der Waals surface area (Å²) in [6, 6.07) is 11.9. The topological polar surface area (TPSA) is 45.9 Å². The molecule has 0 bridgehead atoms. The first kappa shape index (κ1) is 22.2. The number of amides is 1. The van der Waals surface area contributed by atoms with Crippen LogP contribution >= 0.6 is 0 Å². The number of piperidine rings is 1. The van der Waals surface area contributed by atoms with Crippen molar-refractivity contribution in [2.24, 2.45) is 11.8 Å². The lowest BCUT2D eigenvalue weighted by molar-refractivity contribution is -0.127. The fourth-order valence-corrected chi connectivity index (χ4v) is 4.05. The number of rotatable bonds is 9. The Morgan fingerprint density at radius 1 is 1.23 bits per heavy atom. The molecule has 1 saturated heterocycles. The number of para-hydroxylation sites is 1. The maximum Gasteiger partial charge on any atom is 0.246 e. The fraction of sp³-hybridized carbons (Fsp3) is 0.480. The van der Waals surface area contributed by atoms with Crippen LogP contribution in [-0.2, 0) is 11.3 Å². The summed E-state index contributed by atoms with van der Waals surface area (Å²) in [4.78, 5) is 17.3. The zero-order valence-electron chi connectivity index (χ0n) is 18.4. The first-order valence-corrected chi connectivity index (χ1v) is 10.9. The van der Waals surface area contributed by atoms with Gasteiger partial charge in [-0.05, 0) is 62.0 Å². The molecular formula is C25H34N2O3. The van der Waals surface area contributed by atoms with Gasteiger partial charge in [0.15, 0.2) is 0 Å². The van der Waals surface area contributed by atoms with E-state index < -0.39 is 0 Å². The maximum atomic E-state index is 12.8. The van der Waals surface area contributed by atoms with E-state index in [9.17, 15) is 4.79 Å². The number of methoxy groups -OCH3 is 1. The number of likely N-dealkylation sites (tertiary alicyclic amines) is 1. The molecule has 3 rings (SSSR count). The Morgan fingerprint density at radius 2 is 2.00 bits per heavy atom. The zero-order chi connectivity index (χ0) is 21.3. The third kappa shape index (κ3) is 6.49. The van der Waals surface area contributed by atoms with Gasteiger partial charge in [-0.2, -0.15) is 0 Å². The highest BCUT2D eigenvalue weighted by Crippen LogP contribution is 2.24. The van der Waals surface area contributed by atoms with Crippen LogP contribution in [0.5, 0.6) is 5.75 Å². The minimum atomic E-state index is 0.0663. The van der Waals surface area contributed by atoms with Gasteiger partial charge < -0.3 is 14.1 Å². The quantitative estimate of drug-likeness (QED) is 0.562. The second-order valence-electron chi connectivity index (χ2n) is 8.52. The van der Waals surface area contributed by atoms with Crippen LogP contribution in [0.1, 0.15) is 38.0 Å². The summed E-state index contributed by atoms with van der Waals surface area (Å²) >= 11 is 0.